The van der Waals surface area contributed by atoms with Crippen molar-refractivity contribution in [1.29, 1.82) is 0 Å². The van der Waals surface area contributed by atoms with Gasteiger partial charge in [-0.05, 0) is 32.7 Å². The molecular formula is C14H12N2S6. The van der Waals surface area contributed by atoms with E-state index in [1.165, 1.54) is 11.1 Å². The molecule has 0 aliphatic heterocycles. The molecule has 0 atom stereocenters. The second-order valence-corrected chi connectivity index (χ2v) is 11.0. The summed E-state index contributed by atoms with van der Waals surface area (Å²) in [4.78, 5) is 8.54. The number of hydrogen-bond acceptors (Lipinski definition) is 8. The fourth-order valence-electron chi connectivity index (χ4n) is 1.53. The number of rotatable bonds is 8. The van der Waals surface area contributed by atoms with E-state index in [-0.39, 0.29) is 0 Å². The molecule has 0 saturated heterocycles. The van der Waals surface area contributed by atoms with E-state index in [4.69, 9.17) is 0 Å². The summed E-state index contributed by atoms with van der Waals surface area (Å²) in [5, 5.41) is 4.03. The van der Waals surface area contributed by atoms with E-state index in [1.807, 2.05) is 44.7 Å². The topological polar surface area (TPSA) is 25.8 Å². The van der Waals surface area contributed by atoms with Gasteiger partial charge in [-0.25, -0.2) is 9.97 Å². The van der Waals surface area contributed by atoms with Crippen LogP contribution in [0.2, 0.25) is 0 Å². The van der Waals surface area contributed by atoms with E-state index in [1.54, 1.807) is 44.3 Å². The summed E-state index contributed by atoms with van der Waals surface area (Å²) in [6.07, 6.45) is 3.70. The fraction of sp³-hybridized carbons (Fsp3) is 0.143. The van der Waals surface area contributed by atoms with E-state index in [0.717, 1.165) is 20.2 Å². The number of hydrogen-bond donors (Lipinski definition) is 0. The fourth-order valence-corrected chi connectivity index (χ4v) is 7.69. The van der Waals surface area contributed by atoms with Crippen LogP contribution in [0.4, 0.5) is 0 Å². The molecule has 3 rings (SSSR count). The molecule has 0 radical (unpaired) electrons. The molecule has 0 spiro atoms. The lowest BCUT2D eigenvalue weighted by Crippen LogP contribution is -1.82. The Morgan fingerprint density at radius 2 is 1.18 bits per heavy atom. The third-order valence-electron chi connectivity index (χ3n) is 2.55. The molecule has 3 aromatic rings. The van der Waals surface area contributed by atoms with Crippen LogP contribution in [0, 0.1) is 0 Å². The van der Waals surface area contributed by atoms with Crippen molar-refractivity contribution < 1.29 is 0 Å². The van der Waals surface area contributed by atoms with Crippen molar-refractivity contribution in [3.05, 3.63) is 58.5 Å². The smallest absolute Gasteiger partial charge is 0.160 e. The predicted molar refractivity (Wildman–Crippen MR) is 105 cm³/mol. The Balaban J connectivity index is 1.39. The van der Waals surface area contributed by atoms with Crippen LogP contribution in [0.15, 0.2) is 56.1 Å². The average molecular weight is 401 g/mol. The van der Waals surface area contributed by atoms with Crippen molar-refractivity contribution in [1.82, 2.24) is 9.97 Å². The number of benzene rings is 1. The molecule has 8 heteroatoms. The second-order valence-electron chi connectivity index (χ2n) is 4.10. The molecule has 0 aliphatic rings. The number of aromatic nitrogens is 2. The quantitative estimate of drug-likeness (QED) is 0.401. The Bertz CT molecular complexity index is 592. The Morgan fingerprint density at radius 3 is 1.55 bits per heavy atom. The van der Waals surface area contributed by atoms with Gasteiger partial charge in [0.1, 0.15) is 0 Å². The molecule has 2 aromatic heterocycles. The van der Waals surface area contributed by atoms with Crippen LogP contribution in [-0.4, -0.2) is 9.97 Å². The first-order valence-electron chi connectivity index (χ1n) is 6.36. The Morgan fingerprint density at radius 1 is 0.727 bits per heavy atom. The van der Waals surface area contributed by atoms with E-state index in [0.29, 0.717) is 0 Å². The monoisotopic (exact) mass is 400 g/mol. The molecule has 2 heterocycles. The van der Waals surface area contributed by atoms with E-state index < -0.39 is 0 Å². The van der Waals surface area contributed by atoms with Gasteiger partial charge in [-0.1, -0.05) is 45.9 Å². The van der Waals surface area contributed by atoms with Crippen LogP contribution in [0.25, 0.3) is 0 Å². The van der Waals surface area contributed by atoms with Crippen molar-refractivity contribution in [2.45, 2.75) is 20.2 Å². The van der Waals surface area contributed by atoms with E-state index in [9.17, 15) is 0 Å². The van der Waals surface area contributed by atoms with Gasteiger partial charge in [-0.2, -0.15) is 0 Å². The highest BCUT2D eigenvalue weighted by molar-refractivity contribution is 8.77. The normalized spacial score (nSPS) is 10.9. The maximum absolute atomic E-state index is 4.27. The van der Waals surface area contributed by atoms with Gasteiger partial charge in [0.15, 0.2) is 8.68 Å². The molecular weight excluding hydrogens is 389 g/mol. The molecule has 2 nitrogen and oxygen atoms in total. The average Bonchev–Trinajstić information content (AvgIpc) is 3.22. The summed E-state index contributed by atoms with van der Waals surface area (Å²) in [5.74, 6) is 2.01. The lowest BCUT2D eigenvalue weighted by atomic mass is 10.2. The molecule has 0 unspecified atom stereocenters. The molecule has 0 bridgehead atoms. The Kier molecular flexibility index (Phi) is 7.03. The van der Waals surface area contributed by atoms with Gasteiger partial charge >= 0.3 is 0 Å². The van der Waals surface area contributed by atoms with Crippen LogP contribution in [0.3, 0.4) is 0 Å². The summed E-state index contributed by atoms with van der Waals surface area (Å²) in [6.45, 7) is 0. The lowest BCUT2D eigenvalue weighted by Gasteiger charge is -2.03. The molecule has 0 fully saturated rings. The minimum Gasteiger partial charge on any atom is -0.237 e. The highest BCUT2D eigenvalue weighted by atomic mass is 33.1. The Labute approximate surface area is 153 Å². The lowest BCUT2D eigenvalue weighted by molar-refractivity contribution is 1.26. The van der Waals surface area contributed by atoms with E-state index in [2.05, 4.69) is 34.2 Å². The predicted octanol–water partition coefficient (Wildman–Crippen LogP) is 6.48. The van der Waals surface area contributed by atoms with Gasteiger partial charge in [-0.15, -0.1) is 22.7 Å². The molecule has 114 valence electrons. The maximum Gasteiger partial charge on any atom is 0.160 e. The molecule has 1 aromatic carbocycles. The summed E-state index contributed by atoms with van der Waals surface area (Å²) >= 11 is 3.38. The van der Waals surface area contributed by atoms with Gasteiger partial charge in [0.05, 0.1) is 0 Å². The third kappa shape index (κ3) is 5.50. The number of thiazole rings is 2. The van der Waals surface area contributed by atoms with Crippen molar-refractivity contribution in [3.63, 3.8) is 0 Å². The van der Waals surface area contributed by atoms with Crippen molar-refractivity contribution in [2.24, 2.45) is 0 Å². The zero-order chi connectivity index (χ0) is 15.0. The van der Waals surface area contributed by atoms with Crippen LogP contribution in [0.1, 0.15) is 11.1 Å². The molecule has 22 heavy (non-hydrogen) atoms. The first-order valence-corrected chi connectivity index (χ1v) is 12.8. The van der Waals surface area contributed by atoms with Gasteiger partial charge in [0.2, 0.25) is 0 Å². The van der Waals surface area contributed by atoms with Gasteiger partial charge in [0.25, 0.3) is 0 Å². The minimum absolute atomic E-state index is 1.01. The SMILES string of the molecule is c1csc(SSCc2ccc(CSSc3nccs3)cc2)n1. The third-order valence-corrected chi connectivity index (χ3v) is 9.39. The van der Waals surface area contributed by atoms with Crippen LogP contribution in [-0.2, 0) is 11.5 Å². The zero-order valence-electron chi connectivity index (χ0n) is 11.4. The van der Waals surface area contributed by atoms with E-state index >= 15 is 0 Å². The summed E-state index contributed by atoms with van der Waals surface area (Å²) in [5.41, 5.74) is 2.71. The van der Waals surface area contributed by atoms with Crippen molar-refractivity contribution >= 4 is 65.8 Å². The highest BCUT2D eigenvalue weighted by Crippen LogP contribution is 2.36. The Hall–Kier alpha value is -0.120. The second kappa shape index (κ2) is 9.24. The van der Waals surface area contributed by atoms with Gasteiger partial charge < -0.3 is 0 Å². The molecule has 0 aliphatic carbocycles. The maximum atomic E-state index is 4.27. The van der Waals surface area contributed by atoms with Crippen molar-refractivity contribution in [2.75, 3.05) is 0 Å². The first kappa shape index (κ1) is 16.7. The summed E-state index contributed by atoms with van der Waals surface area (Å²) in [7, 11) is 7.17. The van der Waals surface area contributed by atoms with Gasteiger partial charge in [-0.3, -0.25) is 0 Å². The molecule has 0 N–H and O–H groups in total. The first-order chi connectivity index (χ1) is 10.9. The van der Waals surface area contributed by atoms with Crippen LogP contribution in [0.5, 0.6) is 0 Å². The largest absolute Gasteiger partial charge is 0.237 e. The highest BCUT2D eigenvalue weighted by Gasteiger charge is 2.01. The summed E-state index contributed by atoms with van der Waals surface area (Å²) in [6, 6.07) is 8.89. The van der Waals surface area contributed by atoms with Gasteiger partial charge in [0, 0.05) is 34.7 Å². The molecule has 0 amide bonds. The van der Waals surface area contributed by atoms with Crippen LogP contribution < -0.4 is 0 Å². The minimum atomic E-state index is 1.01. The zero-order valence-corrected chi connectivity index (χ0v) is 16.3. The molecule has 0 saturated carbocycles. The standard InChI is InChI=1S/C14H12N2S6/c1-2-12(10-20-22-14-16-6-8-18-14)4-3-11(1)9-19-21-13-15-5-7-17-13/h1-8H,9-10H2. The van der Waals surface area contributed by atoms with Crippen molar-refractivity contribution in [3.8, 4) is 0 Å². The van der Waals surface area contributed by atoms with Crippen LogP contribution >= 0.6 is 65.8 Å². The summed E-state index contributed by atoms with van der Waals surface area (Å²) < 4.78 is 2.24. The number of nitrogens with zero attached hydrogens (tertiary/aromatic N) is 2.